The first kappa shape index (κ1) is 24.4. The Balaban J connectivity index is 1.76. The van der Waals surface area contributed by atoms with Gasteiger partial charge >= 0.3 is 0 Å². The summed E-state index contributed by atoms with van der Waals surface area (Å²) in [6, 6.07) is 25.7. The molecule has 0 saturated heterocycles. The van der Waals surface area contributed by atoms with Crippen LogP contribution in [-0.2, 0) is 4.79 Å². The number of carbonyl (C=O) groups excluding carboxylic acids is 1. The van der Waals surface area contributed by atoms with Crippen LogP contribution in [0.15, 0.2) is 95.3 Å². The molecule has 0 fully saturated rings. The van der Waals surface area contributed by atoms with Crippen molar-refractivity contribution in [2.24, 2.45) is 5.73 Å². The highest BCUT2D eigenvalue weighted by atomic mass is 32.1. The minimum atomic E-state index is -0.832. The van der Waals surface area contributed by atoms with Crippen LogP contribution in [0.4, 0.5) is 11.4 Å². The lowest BCUT2D eigenvalue weighted by molar-refractivity contribution is -0.384. The first-order chi connectivity index (χ1) is 18.4. The van der Waals surface area contributed by atoms with Crippen molar-refractivity contribution in [1.29, 1.82) is 5.26 Å². The number of hydrogen-bond donors (Lipinski definition) is 2. The number of nitrogens with one attached hydrogen (secondary N) is 1. The number of nitriles is 1. The Kier molecular flexibility index (Phi) is 6.43. The molecule has 1 amide bonds. The number of allylic oxidation sites excluding steroid dienone is 1. The zero-order valence-corrected chi connectivity index (χ0v) is 20.5. The van der Waals surface area contributed by atoms with Gasteiger partial charge in [0.25, 0.3) is 17.2 Å². The van der Waals surface area contributed by atoms with Gasteiger partial charge in [0.1, 0.15) is 10.5 Å². The fraction of sp³-hybridized carbons (Fsp3) is 0.0357. The van der Waals surface area contributed by atoms with Gasteiger partial charge < -0.3 is 11.1 Å². The number of carbonyl (C=O) groups is 1. The molecule has 3 N–H and O–H groups in total. The second-order valence-corrected chi connectivity index (χ2v) is 9.42. The molecule has 5 rings (SSSR count). The summed E-state index contributed by atoms with van der Waals surface area (Å²) >= 11 is 1.11. The predicted octanol–water partition coefficient (Wildman–Crippen LogP) is 2.88. The molecule has 0 spiro atoms. The van der Waals surface area contributed by atoms with Gasteiger partial charge in [-0.3, -0.25) is 24.3 Å². The zero-order valence-electron chi connectivity index (χ0n) is 19.7. The smallest absolute Gasteiger partial charge is 0.274 e. The van der Waals surface area contributed by atoms with E-state index in [0.29, 0.717) is 20.4 Å². The maximum atomic E-state index is 13.8. The molecule has 1 aliphatic heterocycles. The standard InChI is InChI=1S/C28H19N5O4S/c29-16-21-23(18-9-5-2-6-10-18)24(26(34)31-19-11-13-20(14-12-19)33(36)37)28-32(25(21)30)27(35)22(38-28)15-17-7-3-1-4-8-17/h1-15,23H,30H2,(H,31,34)/b22-15-. The molecule has 1 atom stereocenters. The van der Waals surface area contributed by atoms with Gasteiger partial charge in [-0.1, -0.05) is 60.7 Å². The number of nitro groups is 1. The van der Waals surface area contributed by atoms with Crippen molar-refractivity contribution in [3.63, 3.8) is 0 Å². The van der Waals surface area contributed by atoms with Crippen LogP contribution in [0.2, 0.25) is 0 Å². The number of non-ortho nitro benzene ring substituents is 1. The SMILES string of the molecule is N#CC1=C(N)n2c(s/c(=C\c3ccccc3)c2=O)=C(C(=O)Nc2ccc([N+](=O)[O-])cc2)C1c1ccccc1. The maximum absolute atomic E-state index is 13.8. The lowest BCUT2D eigenvalue weighted by Crippen LogP contribution is -2.40. The lowest BCUT2D eigenvalue weighted by Gasteiger charge is -2.25. The van der Waals surface area contributed by atoms with E-state index in [9.17, 15) is 25.0 Å². The number of nitro benzene ring substituents is 1. The average molecular weight is 522 g/mol. The third-order valence-corrected chi connectivity index (χ3v) is 7.19. The van der Waals surface area contributed by atoms with E-state index < -0.39 is 22.3 Å². The van der Waals surface area contributed by atoms with Crippen LogP contribution < -0.4 is 25.8 Å². The van der Waals surface area contributed by atoms with E-state index in [1.807, 2.05) is 36.4 Å². The normalized spacial score (nSPS) is 15.1. The van der Waals surface area contributed by atoms with E-state index in [2.05, 4.69) is 11.4 Å². The molecule has 1 aromatic heterocycles. The summed E-state index contributed by atoms with van der Waals surface area (Å²) in [5, 5.41) is 23.9. The Morgan fingerprint density at radius 1 is 1.05 bits per heavy atom. The first-order valence-electron chi connectivity index (χ1n) is 11.4. The van der Waals surface area contributed by atoms with Crippen molar-refractivity contribution >= 4 is 46.1 Å². The van der Waals surface area contributed by atoms with Gasteiger partial charge in [-0.15, -0.1) is 11.3 Å². The van der Waals surface area contributed by atoms with E-state index in [-0.39, 0.29) is 22.7 Å². The number of amides is 1. The highest BCUT2D eigenvalue weighted by molar-refractivity contribution is 7.07. The second-order valence-electron chi connectivity index (χ2n) is 8.39. The zero-order chi connectivity index (χ0) is 26.8. The minimum Gasteiger partial charge on any atom is -0.384 e. The molecule has 1 unspecified atom stereocenters. The Morgan fingerprint density at radius 3 is 2.29 bits per heavy atom. The van der Waals surface area contributed by atoms with Gasteiger partial charge in [0.2, 0.25) is 0 Å². The maximum Gasteiger partial charge on any atom is 0.274 e. The van der Waals surface area contributed by atoms with Gasteiger partial charge in [-0.25, -0.2) is 0 Å². The van der Waals surface area contributed by atoms with Gasteiger partial charge in [-0.05, 0) is 29.3 Å². The topological polar surface area (TPSA) is 144 Å². The molecular formula is C28H19N5O4S. The molecule has 0 radical (unpaired) electrons. The molecule has 3 aromatic carbocycles. The molecule has 9 nitrogen and oxygen atoms in total. The van der Waals surface area contributed by atoms with Crippen LogP contribution in [0, 0.1) is 21.4 Å². The molecule has 1 aliphatic rings. The summed E-state index contributed by atoms with van der Waals surface area (Å²) in [6.07, 6.45) is 1.71. The third kappa shape index (κ3) is 4.38. The van der Waals surface area contributed by atoms with Gasteiger partial charge in [0.05, 0.1) is 32.6 Å². The number of hydrogen-bond acceptors (Lipinski definition) is 7. The number of rotatable bonds is 5. The molecule has 38 heavy (non-hydrogen) atoms. The second kappa shape index (κ2) is 10.0. The molecule has 186 valence electrons. The molecule has 0 bridgehead atoms. The minimum absolute atomic E-state index is 0.0304. The van der Waals surface area contributed by atoms with Crippen molar-refractivity contribution in [3.05, 3.63) is 131 Å². The summed E-state index contributed by atoms with van der Waals surface area (Å²) in [4.78, 5) is 37.8. The number of fused-ring (bicyclic) bond motifs is 1. The quantitative estimate of drug-likeness (QED) is 0.305. The third-order valence-electron chi connectivity index (χ3n) is 6.08. The van der Waals surface area contributed by atoms with E-state index in [1.165, 1.54) is 28.8 Å². The highest BCUT2D eigenvalue weighted by Crippen LogP contribution is 2.36. The Labute approximate surface area is 219 Å². The van der Waals surface area contributed by atoms with Crippen LogP contribution in [0.5, 0.6) is 0 Å². The molecule has 0 saturated carbocycles. The van der Waals surface area contributed by atoms with E-state index >= 15 is 0 Å². The number of aromatic nitrogens is 1. The molecular weight excluding hydrogens is 502 g/mol. The summed E-state index contributed by atoms with van der Waals surface area (Å²) in [5.74, 6) is -1.42. The van der Waals surface area contributed by atoms with Crippen molar-refractivity contribution in [1.82, 2.24) is 4.57 Å². The summed E-state index contributed by atoms with van der Waals surface area (Å²) in [6.45, 7) is 0. The van der Waals surface area contributed by atoms with Gasteiger partial charge in [0, 0.05) is 17.8 Å². The lowest BCUT2D eigenvalue weighted by atomic mass is 9.83. The number of anilines is 1. The largest absolute Gasteiger partial charge is 0.384 e. The fourth-order valence-electron chi connectivity index (χ4n) is 4.31. The van der Waals surface area contributed by atoms with Gasteiger partial charge in [0.15, 0.2) is 0 Å². The van der Waals surface area contributed by atoms with Crippen LogP contribution in [0.1, 0.15) is 17.0 Å². The summed E-state index contributed by atoms with van der Waals surface area (Å²) in [7, 11) is 0. The van der Waals surface area contributed by atoms with Crippen LogP contribution >= 0.6 is 11.3 Å². The summed E-state index contributed by atoms with van der Waals surface area (Å²) in [5.41, 5.74) is 7.86. The van der Waals surface area contributed by atoms with Crippen molar-refractivity contribution in [2.75, 3.05) is 5.32 Å². The van der Waals surface area contributed by atoms with E-state index in [1.54, 1.807) is 30.3 Å². The fourth-order valence-corrected chi connectivity index (χ4v) is 5.49. The van der Waals surface area contributed by atoms with Crippen molar-refractivity contribution in [3.8, 4) is 6.07 Å². The van der Waals surface area contributed by atoms with E-state index in [0.717, 1.165) is 16.9 Å². The molecule has 10 heteroatoms. The van der Waals surface area contributed by atoms with E-state index in [4.69, 9.17) is 5.73 Å². The number of thiazole rings is 1. The van der Waals surface area contributed by atoms with Gasteiger partial charge in [-0.2, -0.15) is 5.26 Å². The molecule has 2 heterocycles. The van der Waals surface area contributed by atoms with Crippen molar-refractivity contribution in [2.45, 2.75) is 5.92 Å². The number of nitrogens with zero attached hydrogens (tertiary/aromatic N) is 3. The predicted molar refractivity (Wildman–Crippen MR) is 145 cm³/mol. The Hall–Kier alpha value is -5.27. The summed E-state index contributed by atoms with van der Waals surface area (Å²) < 4.78 is 1.87. The van der Waals surface area contributed by atoms with Crippen molar-refractivity contribution < 1.29 is 9.72 Å². The highest BCUT2D eigenvalue weighted by Gasteiger charge is 2.35. The monoisotopic (exact) mass is 521 g/mol. The van der Waals surface area contributed by atoms with Crippen LogP contribution in [0.25, 0.3) is 17.5 Å². The number of nitrogens with two attached hydrogens (primary N) is 1. The first-order valence-corrected chi connectivity index (χ1v) is 12.2. The molecule has 0 aliphatic carbocycles. The Morgan fingerprint density at radius 2 is 1.68 bits per heavy atom. The molecule has 4 aromatic rings. The number of benzene rings is 3. The van der Waals surface area contributed by atoms with Crippen LogP contribution in [0.3, 0.4) is 0 Å². The Bertz CT molecular complexity index is 1820. The average Bonchev–Trinajstić information content (AvgIpc) is 3.25. The van der Waals surface area contributed by atoms with Crippen LogP contribution in [-0.4, -0.2) is 15.4 Å².